The molecule has 0 saturated heterocycles. The van der Waals surface area contributed by atoms with Gasteiger partial charge >= 0.3 is 12.3 Å². The number of nitrogens with zero attached hydrogens (tertiary/aromatic N) is 1. The van der Waals surface area contributed by atoms with Crippen molar-refractivity contribution < 1.29 is 32.3 Å². The predicted molar refractivity (Wildman–Crippen MR) is 134 cm³/mol. The lowest BCUT2D eigenvalue weighted by Gasteiger charge is -2.21. The summed E-state index contributed by atoms with van der Waals surface area (Å²) >= 11 is 5.79. The van der Waals surface area contributed by atoms with Crippen LogP contribution in [0.2, 0.25) is 5.02 Å². The summed E-state index contributed by atoms with van der Waals surface area (Å²) in [6.07, 6.45) is -3.23. The molecule has 3 rings (SSSR count). The van der Waals surface area contributed by atoms with Gasteiger partial charge in [-0.2, -0.15) is 13.2 Å². The number of ketones is 1. The van der Waals surface area contributed by atoms with E-state index in [1.165, 1.54) is 6.07 Å². The average molecular weight is 534 g/mol. The maximum Gasteiger partial charge on any atom is 0.417 e. The second-order valence-electron chi connectivity index (χ2n) is 8.97. The molecule has 37 heavy (non-hydrogen) atoms. The van der Waals surface area contributed by atoms with Crippen LogP contribution in [-0.4, -0.2) is 28.4 Å². The topological polar surface area (TPSA) is 97.4 Å². The van der Waals surface area contributed by atoms with Crippen LogP contribution in [0.15, 0.2) is 60.9 Å². The number of Topliss-reactive ketones (excluding diaryl/α,β-unsaturated/α-hetero) is 1. The number of rotatable bonds is 6. The third kappa shape index (κ3) is 7.78. The molecule has 2 N–H and O–H groups in total. The molecule has 3 aromatic rings. The molecule has 0 aliphatic rings. The molecule has 7 nitrogen and oxygen atoms in total. The van der Waals surface area contributed by atoms with Gasteiger partial charge in [-0.25, -0.2) is 4.79 Å². The van der Waals surface area contributed by atoms with Crippen molar-refractivity contribution in [2.75, 3.05) is 10.6 Å². The van der Waals surface area contributed by atoms with E-state index in [1.807, 2.05) is 0 Å². The third-order valence-corrected chi connectivity index (χ3v) is 5.14. The number of nitrogens with one attached hydrogen (secondary N) is 2. The minimum Gasteiger partial charge on any atom is -0.444 e. The highest BCUT2D eigenvalue weighted by Crippen LogP contribution is 2.39. The number of aromatic nitrogens is 1. The standard InChI is InChI=1S/C26H23ClF3N3O4/c1-25(2,3)37-24(36)33-21-12-19(27)18(26(28,29)30)11-20(21)32-23(35)13-22(34)16-7-4-6-15(10-16)17-8-5-9-31-14-17/h4-12,14H,13H2,1-3H3,(H,32,35)(H,33,36). The number of carbonyl (C=O) groups excluding carboxylic acids is 3. The summed E-state index contributed by atoms with van der Waals surface area (Å²) in [5, 5.41) is 3.86. The molecule has 0 fully saturated rings. The Balaban J connectivity index is 1.83. The predicted octanol–water partition coefficient (Wildman–Crippen LogP) is 6.98. The van der Waals surface area contributed by atoms with E-state index in [-0.39, 0.29) is 11.3 Å². The summed E-state index contributed by atoms with van der Waals surface area (Å²) < 4.78 is 45.4. The lowest BCUT2D eigenvalue weighted by atomic mass is 10.0. The minimum atomic E-state index is -4.83. The molecule has 0 aliphatic heterocycles. The van der Waals surface area contributed by atoms with Gasteiger partial charge in [0.05, 0.1) is 28.4 Å². The van der Waals surface area contributed by atoms with Gasteiger partial charge in [-0.3, -0.25) is 19.9 Å². The van der Waals surface area contributed by atoms with Crippen molar-refractivity contribution in [3.05, 3.63) is 77.1 Å². The Labute approximate surface area is 216 Å². The molecular weight excluding hydrogens is 511 g/mol. The van der Waals surface area contributed by atoms with E-state index in [4.69, 9.17) is 16.3 Å². The van der Waals surface area contributed by atoms with Crippen molar-refractivity contribution in [1.82, 2.24) is 4.98 Å². The smallest absolute Gasteiger partial charge is 0.417 e. The van der Waals surface area contributed by atoms with Crippen molar-refractivity contribution in [3.63, 3.8) is 0 Å². The number of halogens is 4. The number of benzene rings is 2. The zero-order valence-corrected chi connectivity index (χ0v) is 20.8. The molecule has 2 aromatic carbocycles. The molecule has 0 bridgehead atoms. The molecule has 194 valence electrons. The molecule has 0 saturated carbocycles. The van der Waals surface area contributed by atoms with Gasteiger partial charge in [0.25, 0.3) is 0 Å². The fourth-order valence-electron chi connectivity index (χ4n) is 3.26. The van der Waals surface area contributed by atoms with Crippen LogP contribution < -0.4 is 10.6 Å². The molecule has 0 spiro atoms. The van der Waals surface area contributed by atoms with E-state index in [0.29, 0.717) is 11.6 Å². The van der Waals surface area contributed by atoms with Crippen molar-refractivity contribution in [2.24, 2.45) is 0 Å². The Kier molecular flexibility index (Phi) is 8.22. The summed E-state index contributed by atoms with van der Waals surface area (Å²) in [7, 11) is 0. The van der Waals surface area contributed by atoms with Crippen LogP contribution in [0.1, 0.15) is 43.1 Å². The van der Waals surface area contributed by atoms with Gasteiger partial charge in [0.2, 0.25) is 5.91 Å². The lowest BCUT2D eigenvalue weighted by molar-refractivity contribution is -0.137. The maximum atomic E-state index is 13.4. The quantitative estimate of drug-likeness (QED) is 0.263. The number of hydrogen-bond donors (Lipinski definition) is 2. The van der Waals surface area contributed by atoms with E-state index in [2.05, 4.69) is 15.6 Å². The van der Waals surface area contributed by atoms with Gasteiger partial charge in [0.15, 0.2) is 5.78 Å². The number of amides is 2. The molecule has 2 amide bonds. The Bertz CT molecular complexity index is 1320. The van der Waals surface area contributed by atoms with Crippen molar-refractivity contribution in [2.45, 2.75) is 39.0 Å². The summed E-state index contributed by atoms with van der Waals surface area (Å²) in [4.78, 5) is 41.7. The van der Waals surface area contributed by atoms with Crippen LogP contribution in [0, 0.1) is 0 Å². The van der Waals surface area contributed by atoms with Gasteiger partial charge < -0.3 is 10.1 Å². The highest BCUT2D eigenvalue weighted by molar-refractivity contribution is 6.32. The van der Waals surface area contributed by atoms with Gasteiger partial charge in [-0.05, 0) is 50.6 Å². The van der Waals surface area contributed by atoms with Crippen LogP contribution in [0.3, 0.4) is 0 Å². The number of hydrogen-bond acceptors (Lipinski definition) is 5. The molecule has 11 heteroatoms. The normalized spacial score (nSPS) is 11.5. The second-order valence-corrected chi connectivity index (χ2v) is 9.38. The highest BCUT2D eigenvalue weighted by atomic mass is 35.5. The van der Waals surface area contributed by atoms with Gasteiger partial charge in [0, 0.05) is 23.5 Å². The number of anilines is 2. The van der Waals surface area contributed by atoms with Crippen LogP contribution in [-0.2, 0) is 15.7 Å². The first-order valence-electron chi connectivity index (χ1n) is 11.0. The maximum absolute atomic E-state index is 13.4. The van der Waals surface area contributed by atoms with E-state index >= 15 is 0 Å². The first-order chi connectivity index (χ1) is 17.2. The second kappa shape index (κ2) is 11.0. The molecule has 1 aromatic heterocycles. The van der Waals surface area contributed by atoms with Crippen molar-refractivity contribution in [3.8, 4) is 11.1 Å². The van der Waals surface area contributed by atoms with Crippen LogP contribution in [0.4, 0.5) is 29.3 Å². The SMILES string of the molecule is CC(C)(C)OC(=O)Nc1cc(Cl)c(C(F)(F)F)cc1NC(=O)CC(=O)c1cccc(-c2cccnc2)c1. The zero-order valence-electron chi connectivity index (χ0n) is 20.1. The average Bonchev–Trinajstić information content (AvgIpc) is 2.79. The van der Waals surface area contributed by atoms with Crippen LogP contribution >= 0.6 is 11.6 Å². The Morgan fingerprint density at radius 2 is 1.62 bits per heavy atom. The van der Waals surface area contributed by atoms with Crippen LogP contribution in [0.5, 0.6) is 0 Å². The van der Waals surface area contributed by atoms with Crippen LogP contribution in [0.25, 0.3) is 11.1 Å². The summed E-state index contributed by atoms with van der Waals surface area (Å²) in [5.74, 6) is -1.45. The molecule has 0 aliphatic carbocycles. The number of carbonyl (C=O) groups is 3. The summed E-state index contributed by atoms with van der Waals surface area (Å²) in [6, 6.07) is 11.5. The zero-order chi connectivity index (χ0) is 27.4. The van der Waals surface area contributed by atoms with Gasteiger partial charge in [-0.1, -0.05) is 35.9 Å². The minimum absolute atomic E-state index is 0.230. The van der Waals surface area contributed by atoms with Crippen molar-refractivity contribution in [1.29, 1.82) is 0 Å². The first-order valence-corrected chi connectivity index (χ1v) is 11.3. The largest absolute Gasteiger partial charge is 0.444 e. The highest BCUT2D eigenvalue weighted by Gasteiger charge is 2.34. The van der Waals surface area contributed by atoms with Gasteiger partial charge in [0.1, 0.15) is 5.60 Å². The van der Waals surface area contributed by atoms with E-state index < -0.39 is 52.3 Å². The Morgan fingerprint density at radius 1 is 0.946 bits per heavy atom. The Hall–Kier alpha value is -3.92. The fourth-order valence-corrected chi connectivity index (χ4v) is 3.53. The van der Waals surface area contributed by atoms with Crippen molar-refractivity contribution >= 4 is 40.8 Å². The number of pyridine rings is 1. The number of alkyl halides is 3. The first kappa shape index (κ1) is 27.7. The summed E-state index contributed by atoms with van der Waals surface area (Å²) in [6.45, 7) is 4.80. The summed E-state index contributed by atoms with van der Waals surface area (Å²) in [5.41, 5.74) is -1.04. The molecule has 1 heterocycles. The third-order valence-electron chi connectivity index (χ3n) is 4.82. The molecular formula is C26H23ClF3N3O4. The lowest BCUT2D eigenvalue weighted by Crippen LogP contribution is -2.28. The van der Waals surface area contributed by atoms with E-state index in [1.54, 1.807) is 63.5 Å². The molecule has 0 unspecified atom stereocenters. The molecule has 0 atom stereocenters. The van der Waals surface area contributed by atoms with E-state index in [0.717, 1.165) is 11.6 Å². The monoisotopic (exact) mass is 533 g/mol. The fraction of sp³-hybridized carbons (Fsp3) is 0.231. The Morgan fingerprint density at radius 3 is 2.24 bits per heavy atom. The number of ether oxygens (including phenoxy) is 1. The van der Waals surface area contributed by atoms with Gasteiger partial charge in [-0.15, -0.1) is 0 Å². The van der Waals surface area contributed by atoms with E-state index in [9.17, 15) is 27.6 Å². The molecule has 0 radical (unpaired) electrons.